The summed E-state index contributed by atoms with van der Waals surface area (Å²) < 4.78 is 0. The van der Waals surface area contributed by atoms with Crippen molar-refractivity contribution in [1.82, 2.24) is 5.32 Å². The zero-order valence-electron chi connectivity index (χ0n) is 11.3. The van der Waals surface area contributed by atoms with Crippen LogP contribution in [0.4, 0.5) is 5.69 Å². The van der Waals surface area contributed by atoms with Crippen molar-refractivity contribution in [2.75, 3.05) is 5.32 Å². The van der Waals surface area contributed by atoms with E-state index in [1.54, 1.807) is 24.3 Å². The number of carbonyl (C=O) groups is 2. The topological polar surface area (TPSA) is 58.2 Å². The second-order valence-electron chi connectivity index (χ2n) is 4.67. The summed E-state index contributed by atoms with van der Waals surface area (Å²) in [7, 11) is 0. The summed E-state index contributed by atoms with van der Waals surface area (Å²) in [6.45, 7) is 7.32. The molecule has 0 saturated carbocycles. The zero-order chi connectivity index (χ0) is 13.7. The number of anilines is 1. The number of ketones is 1. The Hall–Kier alpha value is -1.68. The molecule has 0 radical (unpaired) electrons. The van der Waals surface area contributed by atoms with Crippen LogP contribution in [0.3, 0.4) is 0 Å². The van der Waals surface area contributed by atoms with Gasteiger partial charge < -0.3 is 10.6 Å². The molecule has 1 aromatic carbocycles. The van der Waals surface area contributed by atoms with E-state index in [0.29, 0.717) is 11.3 Å². The minimum atomic E-state index is -0.252. The Morgan fingerprint density at radius 2 is 1.61 bits per heavy atom. The molecule has 1 aromatic rings. The van der Waals surface area contributed by atoms with E-state index in [0.717, 1.165) is 0 Å². The lowest BCUT2D eigenvalue weighted by Gasteiger charge is -2.16. The van der Waals surface area contributed by atoms with Crippen molar-refractivity contribution in [3.05, 3.63) is 29.8 Å². The Labute approximate surface area is 108 Å². The average molecular weight is 248 g/mol. The van der Waals surface area contributed by atoms with Crippen LogP contribution < -0.4 is 10.6 Å². The minimum Gasteiger partial charge on any atom is -0.325 e. The lowest BCUT2D eigenvalue weighted by molar-refractivity contribution is -0.117. The second-order valence-corrected chi connectivity index (χ2v) is 4.67. The maximum Gasteiger partial charge on any atom is 0.241 e. The third-order valence-corrected chi connectivity index (χ3v) is 2.54. The van der Waals surface area contributed by atoms with E-state index in [1.165, 1.54) is 6.92 Å². The number of rotatable bonds is 5. The third-order valence-electron chi connectivity index (χ3n) is 2.54. The zero-order valence-corrected chi connectivity index (χ0v) is 11.3. The molecule has 98 valence electrons. The molecule has 0 aliphatic carbocycles. The largest absolute Gasteiger partial charge is 0.325 e. The maximum absolute atomic E-state index is 11.8. The smallest absolute Gasteiger partial charge is 0.241 e. The van der Waals surface area contributed by atoms with Crippen molar-refractivity contribution >= 4 is 17.4 Å². The van der Waals surface area contributed by atoms with Crippen LogP contribution in [0.2, 0.25) is 0 Å². The van der Waals surface area contributed by atoms with Crippen LogP contribution in [0.15, 0.2) is 24.3 Å². The molecule has 0 bridgehead atoms. The van der Waals surface area contributed by atoms with Crippen LogP contribution in [0.25, 0.3) is 0 Å². The summed E-state index contributed by atoms with van der Waals surface area (Å²) in [5.41, 5.74) is 1.34. The molecule has 0 fully saturated rings. The maximum atomic E-state index is 11.8. The summed E-state index contributed by atoms with van der Waals surface area (Å²) in [5.74, 6) is -0.0676. The predicted octanol–water partition coefficient (Wildman–Crippen LogP) is 2.21. The fourth-order valence-corrected chi connectivity index (χ4v) is 1.61. The molecule has 4 nitrogen and oxygen atoms in total. The van der Waals surface area contributed by atoms with Gasteiger partial charge in [-0.1, -0.05) is 13.8 Å². The predicted molar refractivity (Wildman–Crippen MR) is 72.8 cm³/mol. The van der Waals surface area contributed by atoms with E-state index in [2.05, 4.69) is 10.6 Å². The SMILES string of the molecule is CC(=O)c1ccc(NC(=O)[C@@H](C)NC(C)C)cc1. The standard InChI is InChI=1S/C14H20N2O2/c1-9(2)15-10(3)14(18)16-13-7-5-12(6-8-13)11(4)17/h5-10,15H,1-4H3,(H,16,18)/t10-/m1/s1. The number of hydrogen-bond acceptors (Lipinski definition) is 3. The van der Waals surface area contributed by atoms with Crippen molar-refractivity contribution in [3.8, 4) is 0 Å². The first kappa shape index (κ1) is 14.4. The monoisotopic (exact) mass is 248 g/mol. The normalized spacial score (nSPS) is 12.3. The number of nitrogens with one attached hydrogen (secondary N) is 2. The van der Waals surface area contributed by atoms with Crippen molar-refractivity contribution in [3.63, 3.8) is 0 Å². The van der Waals surface area contributed by atoms with Gasteiger partial charge in [0.25, 0.3) is 0 Å². The molecule has 0 aliphatic rings. The first-order valence-electron chi connectivity index (χ1n) is 6.08. The van der Waals surface area contributed by atoms with Gasteiger partial charge in [-0.3, -0.25) is 9.59 Å². The molecule has 18 heavy (non-hydrogen) atoms. The number of benzene rings is 1. The fourth-order valence-electron chi connectivity index (χ4n) is 1.61. The number of amides is 1. The highest BCUT2D eigenvalue weighted by atomic mass is 16.2. The quantitative estimate of drug-likeness (QED) is 0.785. The Bertz CT molecular complexity index is 424. The Balaban J connectivity index is 2.62. The van der Waals surface area contributed by atoms with Gasteiger partial charge in [0, 0.05) is 17.3 Å². The molecule has 0 aromatic heterocycles. The van der Waals surface area contributed by atoms with E-state index in [1.807, 2.05) is 20.8 Å². The summed E-state index contributed by atoms with van der Waals surface area (Å²) in [6, 6.07) is 6.88. The van der Waals surface area contributed by atoms with E-state index >= 15 is 0 Å². The molecule has 0 spiro atoms. The van der Waals surface area contributed by atoms with Gasteiger partial charge in [0.2, 0.25) is 5.91 Å². The summed E-state index contributed by atoms with van der Waals surface area (Å²) in [5, 5.41) is 5.93. The van der Waals surface area contributed by atoms with Crippen molar-refractivity contribution < 1.29 is 9.59 Å². The molecule has 0 heterocycles. The van der Waals surface area contributed by atoms with Gasteiger partial charge in [-0.05, 0) is 38.1 Å². The number of Topliss-reactive ketones (excluding diaryl/α,β-unsaturated/α-hetero) is 1. The average Bonchev–Trinajstić information content (AvgIpc) is 2.28. The Kier molecular flexibility index (Phi) is 5.04. The molecule has 0 unspecified atom stereocenters. The lowest BCUT2D eigenvalue weighted by atomic mass is 10.1. The molecule has 2 N–H and O–H groups in total. The van der Waals surface area contributed by atoms with E-state index < -0.39 is 0 Å². The summed E-state index contributed by atoms with van der Waals surface area (Å²) in [6.07, 6.45) is 0. The van der Waals surface area contributed by atoms with Gasteiger partial charge >= 0.3 is 0 Å². The Morgan fingerprint density at radius 1 is 1.06 bits per heavy atom. The van der Waals surface area contributed by atoms with Crippen LogP contribution in [0.5, 0.6) is 0 Å². The first-order valence-corrected chi connectivity index (χ1v) is 6.08. The minimum absolute atomic E-state index is 0.0164. The van der Waals surface area contributed by atoms with Gasteiger partial charge in [-0.2, -0.15) is 0 Å². The number of carbonyl (C=O) groups excluding carboxylic acids is 2. The van der Waals surface area contributed by atoms with E-state index in [4.69, 9.17) is 0 Å². The number of hydrogen-bond donors (Lipinski definition) is 2. The fraction of sp³-hybridized carbons (Fsp3) is 0.429. The van der Waals surface area contributed by atoms with Crippen LogP contribution >= 0.6 is 0 Å². The molecule has 1 amide bonds. The molecule has 1 rings (SSSR count). The Morgan fingerprint density at radius 3 is 2.06 bits per heavy atom. The highest BCUT2D eigenvalue weighted by Gasteiger charge is 2.13. The summed E-state index contributed by atoms with van der Waals surface area (Å²) >= 11 is 0. The highest BCUT2D eigenvalue weighted by Crippen LogP contribution is 2.10. The van der Waals surface area contributed by atoms with Crippen LogP contribution in [0, 0.1) is 0 Å². The van der Waals surface area contributed by atoms with Crippen molar-refractivity contribution in [1.29, 1.82) is 0 Å². The van der Waals surface area contributed by atoms with E-state index in [-0.39, 0.29) is 23.8 Å². The van der Waals surface area contributed by atoms with Gasteiger partial charge in [-0.15, -0.1) is 0 Å². The first-order chi connectivity index (χ1) is 8.40. The van der Waals surface area contributed by atoms with Gasteiger partial charge in [-0.25, -0.2) is 0 Å². The molecular formula is C14H20N2O2. The van der Waals surface area contributed by atoms with E-state index in [9.17, 15) is 9.59 Å². The van der Waals surface area contributed by atoms with Gasteiger partial charge in [0.15, 0.2) is 5.78 Å². The van der Waals surface area contributed by atoms with Gasteiger partial charge in [0.05, 0.1) is 6.04 Å². The molecule has 0 saturated heterocycles. The summed E-state index contributed by atoms with van der Waals surface area (Å²) in [4.78, 5) is 22.9. The van der Waals surface area contributed by atoms with Crippen molar-refractivity contribution in [2.45, 2.75) is 39.8 Å². The van der Waals surface area contributed by atoms with Crippen LogP contribution in [-0.2, 0) is 4.79 Å². The highest BCUT2D eigenvalue weighted by molar-refractivity contribution is 5.96. The molecule has 0 aliphatic heterocycles. The molecule has 4 heteroatoms. The molecular weight excluding hydrogens is 228 g/mol. The van der Waals surface area contributed by atoms with Gasteiger partial charge in [0.1, 0.15) is 0 Å². The van der Waals surface area contributed by atoms with Crippen molar-refractivity contribution in [2.24, 2.45) is 0 Å². The van der Waals surface area contributed by atoms with Crippen LogP contribution in [0.1, 0.15) is 38.1 Å². The third kappa shape index (κ3) is 4.30. The van der Waals surface area contributed by atoms with Crippen LogP contribution in [-0.4, -0.2) is 23.8 Å². The molecule has 1 atom stereocenters. The second kappa shape index (κ2) is 6.31. The lowest BCUT2D eigenvalue weighted by Crippen LogP contribution is -2.41.